The number of hydrogen-bond donors (Lipinski definition) is 4. The monoisotopic (exact) mass is 480 g/mol. The Hall–Kier alpha value is -1.29. The van der Waals surface area contributed by atoms with E-state index in [1.54, 1.807) is 0 Å². The van der Waals surface area contributed by atoms with Gasteiger partial charge in [0.25, 0.3) is 8.53 Å². The first kappa shape index (κ1) is 26.0. The van der Waals surface area contributed by atoms with Gasteiger partial charge in [0.1, 0.15) is 10.8 Å². The predicted octanol–water partition coefficient (Wildman–Crippen LogP) is 5.40. The highest BCUT2D eigenvalue weighted by Gasteiger charge is 2.35. The number of unbranched alkanes of at least 4 members (excludes halogenated alkanes) is 5. The predicted molar refractivity (Wildman–Crippen MR) is 116 cm³/mol. The summed E-state index contributed by atoms with van der Waals surface area (Å²) in [5, 5.41) is 12.1. The molecule has 0 amide bonds. The molecule has 1 aromatic heterocycles. The summed E-state index contributed by atoms with van der Waals surface area (Å²) in [4.78, 5) is 22.7. The Morgan fingerprint density at radius 2 is 1.87 bits per heavy atom. The molecule has 0 aliphatic heterocycles. The lowest BCUT2D eigenvalue weighted by molar-refractivity contribution is -0.138. The number of aliphatic hydroxyl groups is 1. The zero-order valence-corrected chi connectivity index (χ0v) is 18.9. The second kappa shape index (κ2) is 12.7. The Morgan fingerprint density at radius 1 is 1.16 bits per heavy atom. The first-order valence-corrected chi connectivity index (χ1v) is 12.2. The number of halogens is 3. The highest BCUT2D eigenvalue weighted by Crippen LogP contribution is 2.40. The van der Waals surface area contributed by atoms with E-state index < -0.39 is 32.9 Å². The number of rotatable bonds is 13. The number of nitrogens with one attached hydrogen (secondary N) is 1. The van der Waals surface area contributed by atoms with E-state index in [1.165, 1.54) is 18.3 Å². The molecule has 0 saturated heterocycles. The van der Waals surface area contributed by atoms with Crippen molar-refractivity contribution in [3.63, 3.8) is 0 Å². The summed E-state index contributed by atoms with van der Waals surface area (Å²) in [6.07, 6.45) is 2.93. The number of thiazole rings is 1. The van der Waals surface area contributed by atoms with Gasteiger partial charge in [0.05, 0.1) is 29.7 Å². The van der Waals surface area contributed by atoms with Crippen LogP contribution in [0.3, 0.4) is 0 Å². The first-order valence-electron chi connectivity index (χ1n) is 10.1. The Balaban J connectivity index is 2.11. The quantitative estimate of drug-likeness (QED) is 0.226. The molecule has 1 unspecified atom stereocenters. The Morgan fingerprint density at radius 3 is 2.52 bits per heavy atom. The van der Waals surface area contributed by atoms with E-state index in [1.807, 2.05) is 0 Å². The number of nitrogens with zero attached hydrogens (tertiary/aromatic N) is 1. The van der Waals surface area contributed by atoms with E-state index >= 15 is 0 Å². The largest absolute Gasteiger partial charge is 0.493 e. The van der Waals surface area contributed by atoms with Crippen molar-refractivity contribution in [3.8, 4) is 16.2 Å². The lowest BCUT2D eigenvalue weighted by Crippen LogP contribution is -2.19. The summed E-state index contributed by atoms with van der Waals surface area (Å²) < 4.78 is 46.2. The molecule has 11 heteroatoms. The third kappa shape index (κ3) is 8.29. The average molecular weight is 480 g/mol. The van der Waals surface area contributed by atoms with Gasteiger partial charge in [-0.3, -0.25) is 0 Å². The van der Waals surface area contributed by atoms with Gasteiger partial charge < -0.3 is 19.6 Å². The molecule has 0 aliphatic rings. The highest BCUT2D eigenvalue weighted by atomic mass is 32.1. The molecule has 0 fully saturated rings. The fourth-order valence-corrected chi connectivity index (χ4v) is 4.52. The van der Waals surface area contributed by atoms with Gasteiger partial charge in [-0.25, -0.2) is 10.1 Å². The van der Waals surface area contributed by atoms with Crippen LogP contribution in [-0.4, -0.2) is 33.1 Å². The number of benzene rings is 1. The molecule has 1 heterocycles. The molecule has 4 N–H and O–H groups in total. The van der Waals surface area contributed by atoms with Gasteiger partial charge >= 0.3 is 6.18 Å². The smallest absolute Gasteiger partial charge is 0.419 e. The molecule has 2 rings (SSSR count). The van der Waals surface area contributed by atoms with Crippen molar-refractivity contribution in [3.05, 3.63) is 35.0 Å². The summed E-state index contributed by atoms with van der Waals surface area (Å²) >= 11 is 1.06. The topological polar surface area (TPSA) is 94.8 Å². The maximum Gasteiger partial charge on any atom is 0.419 e. The minimum atomic E-state index is -4.57. The van der Waals surface area contributed by atoms with E-state index in [0.29, 0.717) is 21.9 Å². The molecule has 174 valence electrons. The zero-order chi connectivity index (χ0) is 22.9. The SMILES string of the molecule is CCCCCCCCOc1ccc(-c2cnc(C(CO)NP(O)O)s2)cc1C(F)(F)F. The van der Waals surface area contributed by atoms with E-state index in [0.717, 1.165) is 49.5 Å². The molecular weight excluding hydrogens is 452 g/mol. The number of ether oxygens (including phenoxy) is 1. The van der Waals surface area contributed by atoms with E-state index in [9.17, 15) is 18.3 Å². The second-order valence-electron chi connectivity index (χ2n) is 7.04. The average Bonchev–Trinajstić information content (AvgIpc) is 3.20. The minimum absolute atomic E-state index is 0.198. The Kier molecular flexibility index (Phi) is 10.6. The first-order chi connectivity index (χ1) is 14.8. The van der Waals surface area contributed by atoms with E-state index in [2.05, 4.69) is 17.0 Å². The van der Waals surface area contributed by atoms with Gasteiger partial charge in [-0.2, -0.15) is 13.2 Å². The third-order valence-corrected chi connectivity index (χ3v) is 6.30. The van der Waals surface area contributed by atoms with Gasteiger partial charge in [-0.15, -0.1) is 11.3 Å². The van der Waals surface area contributed by atoms with E-state index in [-0.39, 0.29) is 12.4 Å². The summed E-state index contributed by atoms with van der Waals surface area (Å²) in [5.41, 5.74) is -0.535. The molecule has 31 heavy (non-hydrogen) atoms. The van der Waals surface area contributed by atoms with Gasteiger partial charge in [-0.05, 0) is 30.2 Å². The molecular formula is C20H28F3N2O4PS. The van der Waals surface area contributed by atoms with Gasteiger partial charge in [0.15, 0.2) is 0 Å². The van der Waals surface area contributed by atoms with Crippen molar-refractivity contribution in [2.45, 2.75) is 57.7 Å². The zero-order valence-electron chi connectivity index (χ0n) is 17.2. The molecule has 0 aliphatic carbocycles. The van der Waals surface area contributed by atoms with Crippen LogP contribution in [0.15, 0.2) is 24.4 Å². The van der Waals surface area contributed by atoms with Crippen LogP contribution >= 0.6 is 19.9 Å². The summed E-state index contributed by atoms with van der Waals surface area (Å²) in [6.45, 7) is 1.92. The summed E-state index contributed by atoms with van der Waals surface area (Å²) in [5.74, 6) is -0.198. The Labute approximate surface area is 185 Å². The number of aliphatic hydroxyl groups excluding tert-OH is 1. The normalized spacial score (nSPS) is 13.0. The van der Waals surface area contributed by atoms with Crippen LogP contribution in [0.2, 0.25) is 0 Å². The summed E-state index contributed by atoms with van der Waals surface area (Å²) in [7, 11) is -2.46. The maximum atomic E-state index is 13.6. The van der Waals surface area contributed by atoms with Crippen molar-refractivity contribution in [1.29, 1.82) is 0 Å². The van der Waals surface area contributed by atoms with E-state index in [4.69, 9.17) is 14.5 Å². The number of hydrogen-bond acceptors (Lipinski definition) is 7. The van der Waals surface area contributed by atoms with Crippen molar-refractivity contribution in [1.82, 2.24) is 10.1 Å². The molecule has 2 aromatic rings. The molecule has 1 atom stereocenters. The van der Waals surface area contributed by atoms with Gasteiger partial charge in [-0.1, -0.05) is 39.0 Å². The van der Waals surface area contributed by atoms with Gasteiger partial charge in [0, 0.05) is 6.20 Å². The van der Waals surface area contributed by atoms with Crippen LogP contribution < -0.4 is 9.82 Å². The standard InChI is InChI=1S/C20H28F3N2O4PS/c1-2-3-4-5-6-7-10-29-17-9-8-14(11-15(17)20(21,22)23)18-12-24-19(31-18)16(13-26)25-30(27)28/h8-9,11-12,16,25-28H,2-7,10,13H2,1H3. The van der Waals surface area contributed by atoms with Crippen molar-refractivity contribution in [2.75, 3.05) is 13.2 Å². The molecule has 1 aromatic carbocycles. The highest BCUT2D eigenvalue weighted by molar-refractivity contribution is 7.42. The Bertz CT molecular complexity index is 805. The van der Waals surface area contributed by atoms with Crippen LogP contribution in [0.4, 0.5) is 13.2 Å². The lowest BCUT2D eigenvalue weighted by Gasteiger charge is -2.15. The van der Waals surface area contributed by atoms with Crippen LogP contribution in [0.25, 0.3) is 10.4 Å². The van der Waals surface area contributed by atoms with Crippen molar-refractivity contribution >= 4 is 19.9 Å². The molecule has 6 nitrogen and oxygen atoms in total. The molecule has 0 saturated carbocycles. The van der Waals surface area contributed by atoms with Gasteiger partial charge in [0.2, 0.25) is 0 Å². The number of alkyl halides is 3. The molecule has 0 bridgehead atoms. The van der Waals surface area contributed by atoms with Crippen LogP contribution in [0.5, 0.6) is 5.75 Å². The fraction of sp³-hybridized carbons (Fsp3) is 0.550. The van der Waals surface area contributed by atoms with Crippen molar-refractivity contribution in [2.24, 2.45) is 0 Å². The lowest BCUT2D eigenvalue weighted by atomic mass is 10.1. The van der Waals surface area contributed by atoms with Crippen LogP contribution in [-0.2, 0) is 6.18 Å². The van der Waals surface area contributed by atoms with Crippen LogP contribution in [0, 0.1) is 0 Å². The summed E-state index contributed by atoms with van der Waals surface area (Å²) in [6, 6.07) is 3.06. The molecule has 0 spiro atoms. The number of aromatic nitrogens is 1. The molecule has 0 radical (unpaired) electrons. The third-order valence-electron chi connectivity index (χ3n) is 4.60. The second-order valence-corrected chi connectivity index (χ2v) is 8.94. The maximum absolute atomic E-state index is 13.6. The van der Waals surface area contributed by atoms with Crippen molar-refractivity contribution < 1.29 is 32.8 Å². The minimum Gasteiger partial charge on any atom is -0.493 e. The fourth-order valence-electron chi connectivity index (χ4n) is 2.99. The van der Waals surface area contributed by atoms with Crippen LogP contribution in [0.1, 0.15) is 62.1 Å².